The minimum atomic E-state index is -0.882. The van der Waals surface area contributed by atoms with Crippen LogP contribution in [0.4, 0.5) is 0 Å². The number of likely N-dealkylation sites (N-methyl/N-ethyl adjacent to an activating group) is 1. The number of fused-ring (bicyclic) bond motifs is 1. The smallest absolute Gasteiger partial charge is 0.312 e. The van der Waals surface area contributed by atoms with Crippen molar-refractivity contribution in [3.63, 3.8) is 0 Å². The molecular weight excluding hydrogens is 336 g/mol. The summed E-state index contributed by atoms with van der Waals surface area (Å²) >= 11 is 1.71. The molecule has 2 heterocycles. The van der Waals surface area contributed by atoms with Crippen LogP contribution in [0.5, 0.6) is 0 Å². The number of aromatic nitrogens is 1. The lowest BCUT2D eigenvalue weighted by Crippen LogP contribution is -2.44. The number of thiazole rings is 1. The monoisotopic (exact) mass is 360 g/mol. The number of amides is 2. The predicted octanol–water partition coefficient (Wildman–Crippen LogP) is 1.94. The van der Waals surface area contributed by atoms with E-state index in [-0.39, 0.29) is 6.04 Å². The van der Waals surface area contributed by atoms with Crippen molar-refractivity contribution >= 4 is 33.4 Å². The lowest BCUT2D eigenvalue weighted by atomic mass is 9.95. The van der Waals surface area contributed by atoms with Crippen molar-refractivity contribution < 1.29 is 9.59 Å². The molecule has 0 unspecified atom stereocenters. The van der Waals surface area contributed by atoms with Crippen molar-refractivity contribution in [1.82, 2.24) is 14.8 Å². The molecule has 25 heavy (non-hydrogen) atoms. The first-order valence-electron chi connectivity index (χ1n) is 8.60. The van der Waals surface area contributed by atoms with Crippen LogP contribution in [-0.4, -0.2) is 53.8 Å². The third-order valence-corrected chi connectivity index (χ3v) is 5.68. The average Bonchev–Trinajstić information content (AvgIpc) is 3.01. The zero-order chi connectivity index (χ0) is 18.0. The topological polar surface area (TPSA) is 79.5 Å². The first-order valence-corrected chi connectivity index (χ1v) is 9.42. The Morgan fingerprint density at radius 2 is 2.16 bits per heavy atom. The fourth-order valence-corrected chi connectivity index (χ4v) is 4.22. The van der Waals surface area contributed by atoms with E-state index in [0.717, 1.165) is 53.0 Å². The maximum absolute atomic E-state index is 12.1. The van der Waals surface area contributed by atoms with Crippen LogP contribution in [0.2, 0.25) is 0 Å². The number of primary amides is 1. The van der Waals surface area contributed by atoms with Crippen LogP contribution in [-0.2, 0) is 16.0 Å². The molecule has 3 rings (SSSR count). The van der Waals surface area contributed by atoms with Crippen LogP contribution in [0.3, 0.4) is 0 Å². The largest absolute Gasteiger partial charge is 0.361 e. The molecule has 1 fully saturated rings. The van der Waals surface area contributed by atoms with Crippen molar-refractivity contribution in [1.29, 1.82) is 0 Å². The Hall–Kier alpha value is -1.99. The zero-order valence-electron chi connectivity index (χ0n) is 14.7. The minimum absolute atomic E-state index is 0.0925. The average molecular weight is 360 g/mol. The van der Waals surface area contributed by atoms with Crippen LogP contribution in [0.1, 0.15) is 35.9 Å². The van der Waals surface area contributed by atoms with Gasteiger partial charge in [-0.15, -0.1) is 11.3 Å². The van der Waals surface area contributed by atoms with Gasteiger partial charge >= 0.3 is 11.8 Å². The molecule has 1 aromatic carbocycles. The van der Waals surface area contributed by atoms with E-state index < -0.39 is 11.8 Å². The number of carbonyl (C=O) groups excluding carboxylic acids is 2. The third kappa shape index (κ3) is 3.99. The Morgan fingerprint density at radius 3 is 2.88 bits per heavy atom. The Labute approximate surface area is 151 Å². The number of carbonyl (C=O) groups is 2. The van der Waals surface area contributed by atoms with Crippen molar-refractivity contribution in [2.24, 2.45) is 5.73 Å². The van der Waals surface area contributed by atoms with Crippen LogP contribution >= 0.6 is 11.3 Å². The molecule has 0 bridgehead atoms. The summed E-state index contributed by atoms with van der Waals surface area (Å²) in [5.41, 5.74) is 7.21. The molecule has 1 aromatic heterocycles. The fourth-order valence-electron chi connectivity index (χ4n) is 3.29. The van der Waals surface area contributed by atoms with Gasteiger partial charge in [-0.3, -0.25) is 9.59 Å². The number of piperidine rings is 1. The molecule has 1 aliphatic rings. The van der Waals surface area contributed by atoms with E-state index in [1.54, 1.807) is 16.2 Å². The normalized spacial score (nSPS) is 18.0. The standard InChI is InChI=1S/C18H24N4O2S/c1-21(2)10-8-16-20-13-11-12(6-7-15(13)25-16)14-5-3-4-9-22(14)18(24)17(19)23/h6-7,11,14H,3-5,8-10H2,1-2H3,(H2,19,23)/t14-/m0/s1. The maximum Gasteiger partial charge on any atom is 0.312 e. The number of hydrogen-bond donors (Lipinski definition) is 1. The Bertz CT molecular complexity index is 786. The molecule has 0 aliphatic carbocycles. The number of likely N-dealkylation sites (tertiary alicyclic amines) is 1. The van der Waals surface area contributed by atoms with Crippen LogP contribution in [0, 0.1) is 0 Å². The zero-order valence-corrected chi connectivity index (χ0v) is 15.5. The second-order valence-corrected chi connectivity index (χ2v) is 7.88. The molecule has 2 aromatic rings. The molecule has 134 valence electrons. The van der Waals surface area contributed by atoms with Crippen LogP contribution in [0.15, 0.2) is 18.2 Å². The quantitative estimate of drug-likeness (QED) is 0.845. The third-order valence-electron chi connectivity index (χ3n) is 4.59. The maximum atomic E-state index is 12.1. The van der Waals surface area contributed by atoms with Gasteiger partial charge < -0.3 is 15.5 Å². The summed E-state index contributed by atoms with van der Waals surface area (Å²) in [6, 6.07) is 6.09. The molecule has 6 nitrogen and oxygen atoms in total. The van der Waals surface area contributed by atoms with Crippen LogP contribution in [0.25, 0.3) is 10.2 Å². The Kier molecular flexibility index (Phi) is 5.34. The summed E-state index contributed by atoms with van der Waals surface area (Å²) in [7, 11) is 4.11. The summed E-state index contributed by atoms with van der Waals surface area (Å²) in [6.45, 7) is 1.55. The summed E-state index contributed by atoms with van der Waals surface area (Å²) in [6.07, 6.45) is 3.72. The highest BCUT2D eigenvalue weighted by atomic mass is 32.1. The summed E-state index contributed by atoms with van der Waals surface area (Å²) in [5.74, 6) is -1.47. The summed E-state index contributed by atoms with van der Waals surface area (Å²) in [5, 5.41) is 1.12. The van der Waals surface area contributed by atoms with Gasteiger partial charge in [0.15, 0.2) is 0 Å². The van der Waals surface area contributed by atoms with Gasteiger partial charge in [-0.05, 0) is 51.1 Å². The van der Waals surface area contributed by atoms with E-state index >= 15 is 0 Å². The van der Waals surface area contributed by atoms with Gasteiger partial charge in [0.1, 0.15) is 0 Å². The van der Waals surface area contributed by atoms with Gasteiger partial charge in [-0.1, -0.05) is 6.07 Å². The van der Waals surface area contributed by atoms with E-state index in [1.165, 1.54) is 0 Å². The highest BCUT2D eigenvalue weighted by Gasteiger charge is 2.30. The number of rotatable bonds is 4. The van der Waals surface area contributed by atoms with Gasteiger partial charge in [0.2, 0.25) is 0 Å². The van der Waals surface area contributed by atoms with Gasteiger partial charge in [-0.2, -0.15) is 0 Å². The molecule has 1 aliphatic heterocycles. The number of nitrogens with zero attached hydrogens (tertiary/aromatic N) is 3. The van der Waals surface area contributed by atoms with E-state index in [4.69, 9.17) is 10.7 Å². The molecule has 7 heteroatoms. The first kappa shape index (κ1) is 17.8. The minimum Gasteiger partial charge on any atom is -0.361 e. The van der Waals surface area contributed by atoms with E-state index in [1.807, 2.05) is 6.07 Å². The van der Waals surface area contributed by atoms with E-state index in [0.29, 0.717) is 6.54 Å². The Balaban J connectivity index is 1.86. The molecule has 0 spiro atoms. The Morgan fingerprint density at radius 1 is 1.36 bits per heavy atom. The molecule has 0 saturated carbocycles. The number of nitrogens with two attached hydrogens (primary N) is 1. The number of benzene rings is 1. The van der Waals surface area contributed by atoms with Crippen molar-refractivity contribution in [2.75, 3.05) is 27.2 Å². The molecule has 2 amide bonds. The van der Waals surface area contributed by atoms with Crippen molar-refractivity contribution in [3.8, 4) is 0 Å². The van der Waals surface area contributed by atoms with E-state index in [2.05, 4.69) is 31.1 Å². The SMILES string of the molecule is CN(C)CCc1nc2cc([C@@H]3CCCCN3C(=O)C(N)=O)ccc2s1. The first-order chi connectivity index (χ1) is 12.0. The summed E-state index contributed by atoms with van der Waals surface area (Å²) < 4.78 is 1.15. The van der Waals surface area contributed by atoms with Gasteiger partial charge in [0.25, 0.3) is 0 Å². The van der Waals surface area contributed by atoms with E-state index in [9.17, 15) is 9.59 Å². The second-order valence-electron chi connectivity index (χ2n) is 6.76. The lowest BCUT2D eigenvalue weighted by Gasteiger charge is -2.35. The molecule has 0 radical (unpaired) electrons. The lowest BCUT2D eigenvalue weighted by molar-refractivity contribution is -0.146. The number of hydrogen-bond acceptors (Lipinski definition) is 5. The highest BCUT2D eigenvalue weighted by molar-refractivity contribution is 7.18. The second kappa shape index (κ2) is 7.49. The summed E-state index contributed by atoms with van der Waals surface area (Å²) in [4.78, 5) is 32.0. The molecule has 1 saturated heterocycles. The molecular formula is C18H24N4O2S. The highest BCUT2D eigenvalue weighted by Crippen LogP contribution is 2.33. The predicted molar refractivity (Wildman–Crippen MR) is 99.4 cm³/mol. The van der Waals surface area contributed by atoms with Crippen molar-refractivity contribution in [2.45, 2.75) is 31.7 Å². The molecule has 1 atom stereocenters. The van der Waals surface area contributed by atoms with Crippen LogP contribution < -0.4 is 5.73 Å². The van der Waals surface area contributed by atoms with Gasteiger partial charge in [0, 0.05) is 19.5 Å². The van der Waals surface area contributed by atoms with Gasteiger partial charge in [0.05, 0.1) is 21.3 Å². The fraction of sp³-hybridized carbons (Fsp3) is 0.500. The molecule has 2 N–H and O–H groups in total. The van der Waals surface area contributed by atoms with Gasteiger partial charge in [-0.25, -0.2) is 4.98 Å². The van der Waals surface area contributed by atoms with Crippen molar-refractivity contribution in [3.05, 3.63) is 28.8 Å².